The van der Waals surface area contributed by atoms with Gasteiger partial charge < -0.3 is 14.8 Å². The van der Waals surface area contributed by atoms with Gasteiger partial charge in [-0.2, -0.15) is 0 Å². The van der Waals surface area contributed by atoms with E-state index in [9.17, 15) is 19.5 Å². The minimum atomic E-state index is -1.30. The maximum Gasteiger partial charge on any atom is 1.00 e. The molecule has 1 amide bonds. The van der Waals surface area contributed by atoms with E-state index in [-0.39, 0.29) is 47.8 Å². The molecule has 0 saturated carbocycles. The summed E-state index contributed by atoms with van der Waals surface area (Å²) >= 11 is 0. The van der Waals surface area contributed by atoms with Crippen LogP contribution in [0.5, 0.6) is 0 Å². The molecular formula is C27H50NNaO4. The van der Waals surface area contributed by atoms with E-state index in [1.54, 1.807) is 0 Å². The van der Waals surface area contributed by atoms with Crippen molar-refractivity contribution in [1.82, 2.24) is 4.90 Å². The number of hydrogen-bond donors (Lipinski definition) is 0. The quantitative estimate of drug-likeness (QED) is 0.159. The van der Waals surface area contributed by atoms with Crippen molar-refractivity contribution in [3.05, 3.63) is 0 Å². The number of carboxylic acids is 1. The summed E-state index contributed by atoms with van der Waals surface area (Å²) < 4.78 is 0. The summed E-state index contributed by atoms with van der Waals surface area (Å²) in [6.45, 7) is 3.85. The van der Waals surface area contributed by atoms with Gasteiger partial charge in [-0.05, 0) is 12.8 Å². The molecule has 188 valence electrons. The first-order valence-corrected chi connectivity index (χ1v) is 13.5. The average Bonchev–Trinajstić information content (AvgIpc) is 2.76. The average molecular weight is 476 g/mol. The van der Waals surface area contributed by atoms with Gasteiger partial charge in [0.15, 0.2) is 5.78 Å². The SMILES string of the molecule is CCCCCCCCCCCC(=O)CN(CC(=O)[O-])C(=O)CCCCCCCCCCC.[Na+]. The minimum Gasteiger partial charge on any atom is -0.548 e. The van der Waals surface area contributed by atoms with Crippen molar-refractivity contribution in [2.45, 2.75) is 142 Å². The van der Waals surface area contributed by atoms with Crippen molar-refractivity contribution in [2.24, 2.45) is 0 Å². The Morgan fingerprint density at radius 3 is 1.30 bits per heavy atom. The van der Waals surface area contributed by atoms with E-state index in [1.807, 2.05) is 0 Å². The number of unbranched alkanes of at least 4 members (excludes halogenated alkanes) is 16. The van der Waals surface area contributed by atoms with E-state index >= 15 is 0 Å². The fourth-order valence-corrected chi connectivity index (χ4v) is 4.06. The van der Waals surface area contributed by atoms with Gasteiger partial charge in [-0.15, -0.1) is 0 Å². The predicted octanol–water partition coefficient (Wildman–Crippen LogP) is 2.98. The Kier molecular flexibility index (Phi) is 27.6. The van der Waals surface area contributed by atoms with Crippen LogP contribution in [0.15, 0.2) is 0 Å². The number of ketones is 1. The Morgan fingerprint density at radius 2 is 0.909 bits per heavy atom. The second kappa shape index (κ2) is 26.2. The Hall–Kier alpha value is -0.390. The van der Waals surface area contributed by atoms with E-state index in [0.29, 0.717) is 12.8 Å². The number of hydrogen-bond acceptors (Lipinski definition) is 4. The van der Waals surface area contributed by atoms with Gasteiger partial charge in [0.05, 0.1) is 19.1 Å². The van der Waals surface area contributed by atoms with Crippen molar-refractivity contribution >= 4 is 17.7 Å². The zero-order valence-corrected chi connectivity index (χ0v) is 24.1. The van der Waals surface area contributed by atoms with Crippen molar-refractivity contribution in [3.8, 4) is 0 Å². The summed E-state index contributed by atoms with van der Waals surface area (Å²) in [6.07, 6.45) is 21.8. The molecule has 0 atom stereocenters. The summed E-state index contributed by atoms with van der Waals surface area (Å²) in [6, 6.07) is 0. The Labute approximate surface area is 226 Å². The first-order chi connectivity index (χ1) is 15.5. The molecule has 0 aliphatic carbocycles. The second-order valence-electron chi connectivity index (χ2n) is 9.32. The zero-order chi connectivity index (χ0) is 23.9. The maximum absolute atomic E-state index is 12.4. The van der Waals surface area contributed by atoms with E-state index in [0.717, 1.165) is 38.5 Å². The molecule has 0 aromatic rings. The minimum absolute atomic E-state index is 0. The number of Topliss-reactive ketones (excluding diaryl/α,β-unsaturated/α-hetero) is 1. The van der Waals surface area contributed by atoms with Crippen LogP contribution in [0.1, 0.15) is 142 Å². The van der Waals surface area contributed by atoms with Gasteiger partial charge in [-0.25, -0.2) is 0 Å². The molecule has 0 N–H and O–H groups in total. The van der Waals surface area contributed by atoms with Crippen LogP contribution in [0, 0.1) is 0 Å². The number of nitrogens with zero attached hydrogens (tertiary/aromatic N) is 1. The van der Waals surface area contributed by atoms with Crippen LogP contribution in [0.2, 0.25) is 0 Å². The van der Waals surface area contributed by atoms with Gasteiger partial charge in [-0.3, -0.25) is 9.59 Å². The standard InChI is InChI=1S/C27H51NO4.Na/c1-3-5-7-9-11-13-15-17-19-21-25(29)23-28(24-27(31)32)26(30)22-20-18-16-14-12-10-8-6-4-2;/h3-24H2,1-2H3,(H,31,32);/q;+1/p-1. The molecule has 0 aliphatic heterocycles. The maximum atomic E-state index is 12.4. The molecule has 0 heterocycles. The molecule has 0 unspecified atom stereocenters. The molecule has 0 fully saturated rings. The van der Waals surface area contributed by atoms with Gasteiger partial charge in [0.25, 0.3) is 0 Å². The molecule has 33 heavy (non-hydrogen) atoms. The van der Waals surface area contributed by atoms with Gasteiger partial charge in [0, 0.05) is 12.8 Å². The van der Waals surface area contributed by atoms with E-state index in [1.165, 1.54) is 81.9 Å². The molecule has 5 nitrogen and oxygen atoms in total. The monoisotopic (exact) mass is 475 g/mol. The van der Waals surface area contributed by atoms with Gasteiger partial charge in [0.2, 0.25) is 5.91 Å². The van der Waals surface area contributed by atoms with E-state index < -0.39 is 12.5 Å². The summed E-state index contributed by atoms with van der Waals surface area (Å²) in [7, 11) is 0. The molecule has 0 aliphatic rings. The summed E-state index contributed by atoms with van der Waals surface area (Å²) in [4.78, 5) is 36.9. The number of amides is 1. The Balaban J connectivity index is 0. The van der Waals surface area contributed by atoms with Crippen LogP contribution < -0.4 is 34.7 Å². The van der Waals surface area contributed by atoms with E-state index in [4.69, 9.17) is 0 Å². The molecule has 0 spiro atoms. The molecule has 0 bridgehead atoms. The Bertz CT molecular complexity index is 485. The topological polar surface area (TPSA) is 77.5 Å². The summed E-state index contributed by atoms with van der Waals surface area (Å²) in [5.74, 6) is -1.59. The third-order valence-corrected chi connectivity index (χ3v) is 6.09. The van der Waals surface area contributed by atoms with Crippen molar-refractivity contribution < 1.29 is 49.0 Å². The number of aliphatic carboxylic acids is 1. The summed E-state index contributed by atoms with van der Waals surface area (Å²) in [5.41, 5.74) is 0. The van der Waals surface area contributed by atoms with Gasteiger partial charge in [0.1, 0.15) is 0 Å². The molecule has 0 aromatic heterocycles. The third kappa shape index (κ3) is 24.5. The van der Waals surface area contributed by atoms with Gasteiger partial charge in [-0.1, -0.05) is 117 Å². The van der Waals surface area contributed by atoms with Crippen molar-refractivity contribution in [1.29, 1.82) is 0 Å². The second-order valence-corrected chi connectivity index (χ2v) is 9.32. The number of carbonyl (C=O) groups excluding carboxylic acids is 3. The molecule has 0 saturated heterocycles. The molecule has 6 heteroatoms. The first-order valence-electron chi connectivity index (χ1n) is 13.5. The van der Waals surface area contributed by atoms with Crippen LogP contribution in [0.25, 0.3) is 0 Å². The van der Waals surface area contributed by atoms with Gasteiger partial charge >= 0.3 is 29.6 Å². The molecule has 0 radical (unpaired) electrons. The summed E-state index contributed by atoms with van der Waals surface area (Å²) in [5, 5.41) is 11.0. The molecule has 0 rings (SSSR count). The first kappa shape index (κ1) is 34.8. The number of carbonyl (C=O) groups is 3. The largest absolute Gasteiger partial charge is 1.00 e. The third-order valence-electron chi connectivity index (χ3n) is 6.09. The fourth-order valence-electron chi connectivity index (χ4n) is 4.06. The number of carboxylic acid groups (broad SMARTS) is 1. The van der Waals surface area contributed by atoms with Crippen LogP contribution >= 0.6 is 0 Å². The van der Waals surface area contributed by atoms with Crippen LogP contribution in [-0.2, 0) is 14.4 Å². The normalized spacial score (nSPS) is 10.6. The molecular weight excluding hydrogens is 425 g/mol. The van der Waals surface area contributed by atoms with Crippen LogP contribution in [-0.4, -0.2) is 35.6 Å². The fraction of sp³-hybridized carbons (Fsp3) is 0.889. The predicted molar refractivity (Wildman–Crippen MR) is 130 cm³/mol. The molecule has 0 aromatic carbocycles. The van der Waals surface area contributed by atoms with Crippen molar-refractivity contribution in [2.75, 3.05) is 13.1 Å². The smallest absolute Gasteiger partial charge is 0.548 e. The van der Waals surface area contributed by atoms with Crippen LogP contribution in [0.4, 0.5) is 0 Å². The van der Waals surface area contributed by atoms with E-state index in [2.05, 4.69) is 13.8 Å². The van der Waals surface area contributed by atoms with Crippen molar-refractivity contribution in [3.63, 3.8) is 0 Å². The van der Waals surface area contributed by atoms with Crippen LogP contribution in [0.3, 0.4) is 0 Å². The number of rotatable bonds is 24. The zero-order valence-electron chi connectivity index (χ0n) is 22.1. The Morgan fingerprint density at radius 1 is 0.545 bits per heavy atom.